The molecule has 0 aliphatic rings. The summed E-state index contributed by atoms with van der Waals surface area (Å²) >= 11 is 0. The standard InChI is InChI=1S/C11H22/c1-6-10(5)8-11(7-2)9(3)4/h7,9-10H,6,8H2,1-5H3. The van der Waals surface area contributed by atoms with E-state index in [1.54, 1.807) is 5.57 Å². The highest BCUT2D eigenvalue weighted by Crippen LogP contribution is 2.20. The number of allylic oxidation sites excluding steroid dienone is 2. The lowest BCUT2D eigenvalue weighted by molar-refractivity contribution is 0.526. The molecule has 0 aliphatic carbocycles. The molecule has 0 amide bonds. The summed E-state index contributed by atoms with van der Waals surface area (Å²) in [6.45, 7) is 11.3. The quantitative estimate of drug-likeness (QED) is 0.536. The van der Waals surface area contributed by atoms with Crippen LogP contribution < -0.4 is 0 Å². The van der Waals surface area contributed by atoms with Crippen molar-refractivity contribution in [2.75, 3.05) is 0 Å². The van der Waals surface area contributed by atoms with Crippen molar-refractivity contribution in [3.05, 3.63) is 11.6 Å². The summed E-state index contributed by atoms with van der Waals surface area (Å²) < 4.78 is 0. The van der Waals surface area contributed by atoms with E-state index in [2.05, 4.69) is 40.7 Å². The second-order valence-corrected chi connectivity index (χ2v) is 3.74. The first kappa shape index (κ1) is 10.7. The van der Waals surface area contributed by atoms with Gasteiger partial charge in [0.15, 0.2) is 0 Å². The van der Waals surface area contributed by atoms with Crippen molar-refractivity contribution in [1.29, 1.82) is 0 Å². The SMILES string of the molecule is CC=C(CC(C)CC)C(C)C. The van der Waals surface area contributed by atoms with Gasteiger partial charge in [0.25, 0.3) is 0 Å². The van der Waals surface area contributed by atoms with Gasteiger partial charge in [-0.1, -0.05) is 45.8 Å². The van der Waals surface area contributed by atoms with E-state index in [-0.39, 0.29) is 0 Å². The molecule has 0 aromatic carbocycles. The Balaban J connectivity index is 3.90. The van der Waals surface area contributed by atoms with Gasteiger partial charge in [-0.25, -0.2) is 0 Å². The summed E-state index contributed by atoms with van der Waals surface area (Å²) in [5.41, 5.74) is 1.61. The Morgan fingerprint density at radius 1 is 1.27 bits per heavy atom. The Kier molecular flexibility index (Phi) is 5.27. The highest BCUT2D eigenvalue weighted by molar-refractivity contribution is 5.03. The molecule has 0 N–H and O–H groups in total. The van der Waals surface area contributed by atoms with Crippen molar-refractivity contribution in [2.45, 2.75) is 47.5 Å². The fraction of sp³-hybridized carbons (Fsp3) is 0.818. The van der Waals surface area contributed by atoms with Crippen LogP contribution in [0.2, 0.25) is 0 Å². The molecule has 0 fully saturated rings. The Hall–Kier alpha value is -0.260. The third-order valence-corrected chi connectivity index (χ3v) is 2.39. The van der Waals surface area contributed by atoms with Crippen LogP contribution in [0, 0.1) is 11.8 Å². The molecule has 0 nitrogen and oxygen atoms in total. The summed E-state index contributed by atoms with van der Waals surface area (Å²) in [6.07, 6.45) is 4.85. The van der Waals surface area contributed by atoms with Crippen LogP contribution in [0.4, 0.5) is 0 Å². The average Bonchev–Trinajstić information content (AvgIpc) is 1.99. The third kappa shape index (κ3) is 4.23. The van der Waals surface area contributed by atoms with Crippen LogP contribution in [-0.2, 0) is 0 Å². The zero-order valence-electron chi connectivity index (χ0n) is 8.65. The van der Waals surface area contributed by atoms with E-state index in [1.165, 1.54) is 12.8 Å². The van der Waals surface area contributed by atoms with Crippen molar-refractivity contribution in [3.8, 4) is 0 Å². The fourth-order valence-corrected chi connectivity index (χ4v) is 1.23. The molecule has 0 aromatic rings. The molecule has 0 saturated heterocycles. The second-order valence-electron chi connectivity index (χ2n) is 3.74. The fourth-order valence-electron chi connectivity index (χ4n) is 1.23. The maximum absolute atomic E-state index is 2.33. The van der Waals surface area contributed by atoms with Gasteiger partial charge in [0.1, 0.15) is 0 Å². The van der Waals surface area contributed by atoms with Gasteiger partial charge in [-0.2, -0.15) is 0 Å². The van der Waals surface area contributed by atoms with E-state index < -0.39 is 0 Å². The van der Waals surface area contributed by atoms with Gasteiger partial charge in [-0.05, 0) is 25.2 Å². The lowest BCUT2D eigenvalue weighted by atomic mass is 9.92. The molecule has 0 spiro atoms. The van der Waals surface area contributed by atoms with Crippen molar-refractivity contribution in [3.63, 3.8) is 0 Å². The molecular formula is C11H22. The first-order valence-electron chi connectivity index (χ1n) is 4.76. The largest absolute Gasteiger partial charge is 0.0882 e. The third-order valence-electron chi connectivity index (χ3n) is 2.39. The molecule has 0 radical (unpaired) electrons. The summed E-state index contributed by atoms with van der Waals surface area (Å²) in [5, 5.41) is 0. The lowest BCUT2D eigenvalue weighted by Crippen LogP contribution is -2.00. The minimum absolute atomic E-state index is 0.731. The van der Waals surface area contributed by atoms with Crippen LogP contribution in [-0.4, -0.2) is 0 Å². The predicted molar refractivity (Wildman–Crippen MR) is 52.7 cm³/mol. The number of hydrogen-bond donors (Lipinski definition) is 0. The summed E-state index contributed by atoms with van der Waals surface area (Å²) in [7, 11) is 0. The first-order valence-corrected chi connectivity index (χ1v) is 4.76. The Labute approximate surface area is 71.7 Å². The summed E-state index contributed by atoms with van der Waals surface area (Å²) in [5.74, 6) is 1.58. The molecule has 0 heteroatoms. The van der Waals surface area contributed by atoms with Crippen LogP contribution in [0.3, 0.4) is 0 Å². The van der Waals surface area contributed by atoms with E-state index in [4.69, 9.17) is 0 Å². The predicted octanol–water partition coefficient (Wildman–Crippen LogP) is 4.02. The van der Waals surface area contributed by atoms with E-state index in [0.29, 0.717) is 0 Å². The average molecular weight is 154 g/mol. The van der Waals surface area contributed by atoms with E-state index >= 15 is 0 Å². The minimum atomic E-state index is 0.731. The van der Waals surface area contributed by atoms with Crippen LogP contribution in [0.5, 0.6) is 0 Å². The molecule has 66 valence electrons. The van der Waals surface area contributed by atoms with Gasteiger partial charge in [-0.15, -0.1) is 0 Å². The maximum Gasteiger partial charge on any atom is -0.0260 e. The van der Waals surface area contributed by atoms with Gasteiger partial charge >= 0.3 is 0 Å². The molecule has 0 aromatic heterocycles. The van der Waals surface area contributed by atoms with Gasteiger partial charge in [0, 0.05) is 0 Å². The molecule has 0 aliphatic heterocycles. The van der Waals surface area contributed by atoms with Crippen LogP contribution >= 0.6 is 0 Å². The van der Waals surface area contributed by atoms with Gasteiger partial charge in [0.2, 0.25) is 0 Å². The molecule has 0 heterocycles. The zero-order valence-corrected chi connectivity index (χ0v) is 8.65. The minimum Gasteiger partial charge on any atom is -0.0882 e. The summed E-state index contributed by atoms with van der Waals surface area (Å²) in [4.78, 5) is 0. The number of rotatable bonds is 4. The van der Waals surface area contributed by atoms with Crippen molar-refractivity contribution < 1.29 is 0 Å². The zero-order chi connectivity index (χ0) is 8.85. The van der Waals surface area contributed by atoms with Crippen LogP contribution in [0.25, 0.3) is 0 Å². The number of hydrogen-bond acceptors (Lipinski definition) is 0. The van der Waals surface area contributed by atoms with Crippen molar-refractivity contribution in [2.24, 2.45) is 11.8 Å². The highest BCUT2D eigenvalue weighted by Gasteiger charge is 2.05. The van der Waals surface area contributed by atoms with Crippen LogP contribution in [0.1, 0.15) is 47.5 Å². The second kappa shape index (κ2) is 5.40. The molecule has 0 rings (SSSR count). The van der Waals surface area contributed by atoms with Gasteiger partial charge < -0.3 is 0 Å². The maximum atomic E-state index is 2.33. The van der Waals surface area contributed by atoms with E-state index in [0.717, 1.165) is 11.8 Å². The van der Waals surface area contributed by atoms with E-state index in [9.17, 15) is 0 Å². The molecular weight excluding hydrogens is 132 g/mol. The van der Waals surface area contributed by atoms with Crippen LogP contribution in [0.15, 0.2) is 11.6 Å². The highest BCUT2D eigenvalue weighted by atomic mass is 14.1. The topological polar surface area (TPSA) is 0 Å². The Morgan fingerprint density at radius 3 is 2.09 bits per heavy atom. The van der Waals surface area contributed by atoms with Crippen molar-refractivity contribution >= 4 is 0 Å². The monoisotopic (exact) mass is 154 g/mol. The molecule has 1 unspecified atom stereocenters. The molecule has 1 atom stereocenters. The molecule has 0 saturated carbocycles. The Morgan fingerprint density at radius 2 is 1.82 bits per heavy atom. The van der Waals surface area contributed by atoms with Gasteiger partial charge in [0.05, 0.1) is 0 Å². The molecule has 11 heavy (non-hydrogen) atoms. The molecule has 0 bridgehead atoms. The van der Waals surface area contributed by atoms with Crippen molar-refractivity contribution in [1.82, 2.24) is 0 Å². The first-order chi connectivity index (χ1) is 5.11. The lowest BCUT2D eigenvalue weighted by Gasteiger charge is -2.14. The summed E-state index contributed by atoms with van der Waals surface area (Å²) in [6, 6.07) is 0. The smallest absolute Gasteiger partial charge is 0.0260 e. The van der Waals surface area contributed by atoms with E-state index in [1.807, 2.05) is 0 Å². The van der Waals surface area contributed by atoms with Gasteiger partial charge in [-0.3, -0.25) is 0 Å². The Bertz CT molecular complexity index is 120. The normalized spacial score (nSPS) is 15.6.